The second kappa shape index (κ2) is 6.24. The molecule has 0 aliphatic carbocycles. The first-order valence-electron chi connectivity index (χ1n) is 8.39. The molecule has 2 aromatic rings. The van der Waals surface area contributed by atoms with E-state index in [2.05, 4.69) is 48.0 Å². The molecule has 1 aromatic heterocycles. The molecule has 0 radical (unpaired) electrons. The SMILES string of the molecule is Cc1cc(/C=C2/NC(=O)N(C)C2=O)c(C)n1-c1ccc(C(C)C)cc1. The Morgan fingerprint density at radius 2 is 1.72 bits per heavy atom. The molecule has 130 valence electrons. The highest BCUT2D eigenvalue weighted by atomic mass is 16.2. The van der Waals surface area contributed by atoms with Gasteiger partial charge in [0.05, 0.1) is 0 Å². The molecule has 3 amide bonds. The number of imide groups is 1. The molecule has 1 aliphatic heterocycles. The number of carbonyl (C=O) groups is 2. The number of hydrogen-bond acceptors (Lipinski definition) is 2. The van der Waals surface area contributed by atoms with E-state index < -0.39 is 6.03 Å². The fraction of sp³-hybridized carbons (Fsp3) is 0.300. The summed E-state index contributed by atoms with van der Waals surface area (Å²) in [5.74, 6) is 0.186. The van der Waals surface area contributed by atoms with Crippen molar-refractivity contribution in [1.29, 1.82) is 0 Å². The number of rotatable bonds is 3. The van der Waals surface area contributed by atoms with Crippen LogP contribution in [0.15, 0.2) is 36.0 Å². The minimum Gasteiger partial charge on any atom is -0.318 e. The van der Waals surface area contributed by atoms with E-state index in [0.29, 0.717) is 11.6 Å². The monoisotopic (exact) mass is 337 g/mol. The van der Waals surface area contributed by atoms with Gasteiger partial charge in [0.1, 0.15) is 5.70 Å². The average molecular weight is 337 g/mol. The fourth-order valence-electron chi connectivity index (χ4n) is 3.12. The third-order valence-electron chi connectivity index (χ3n) is 4.67. The lowest BCUT2D eigenvalue weighted by Gasteiger charge is -2.12. The Bertz CT molecular complexity index is 873. The zero-order valence-corrected chi connectivity index (χ0v) is 15.3. The fourth-order valence-corrected chi connectivity index (χ4v) is 3.12. The van der Waals surface area contributed by atoms with E-state index in [1.807, 2.05) is 19.9 Å². The Morgan fingerprint density at radius 3 is 2.24 bits per heavy atom. The molecule has 1 aliphatic rings. The third kappa shape index (κ3) is 2.97. The summed E-state index contributed by atoms with van der Waals surface area (Å²) in [6.45, 7) is 8.40. The Kier molecular flexibility index (Phi) is 4.25. The summed E-state index contributed by atoms with van der Waals surface area (Å²) in [7, 11) is 1.47. The summed E-state index contributed by atoms with van der Waals surface area (Å²) in [5, 5.41) is 2.61. The number of nitrogens with one attached hydrogen (secondary N) is 1. The van der Waals surface area contributed by atoms with Gasteiger partial charge in [0, 0.05) is 24.1 Å². The summed E-state index contributed by atoms with van der Waals surface area (Å²) >= 11 is 0. The summed E-state index contributed by atoms with van der Waals surface area (Å²) in [6, 6.07) is 10.1. The molecular formula is C20H23N3O2. The lowest BCUT2D eigenvalue weighted by Crippen LogP contribution is -2.25. The number of hydrogen-bond donors (Lipinski definition) is 1. The number of urea groups is 1. The van der Waals surface area contributed by atoms with Gasteiger partial charge in [0.15, 0.2) is 0 Å². The molecule has 0 saturated carbocycles. The normalized spacial score (nSPS) is 16.2. The molecule has 1 fully saturated rings. The van der Waals surface area contributed by atoms with Crippen LogP contribution in [0, 0.1) is 13.8 Å². The molecule has 5 heteroatoms. The summed E-state index contributed by atoms with van der Waals surface area (Å²) in [4.78, 5) is 24.7. The van der Waals surface area contributed by atoms with Gasteiger partial charge in [-0.3, -0.25) is 9.69 Å². The van der Waals surface area contributed by atoms with E-state index in [-0.39, 0.29) is 5.91 Å². The Hall–Kier alpha value is -2.82. The van der Waals surface area contributed by atoms with Gasteiger partial charge in [-0.15, -0.1) is 0 Å². The van der Waals surface area contributed by atoms with Gasteiger partial charge in [-0.25, -0.2) is 4.79 Å². The van der Waals surface area contributed by atoms with E-state index in [9.17, 15) is 9.59 Å². The van der Waals surface area contributed by atoms with Crippen molar-refractivity contribution in [3.05, 3.63) is 58.5 Å². The van der Waals surface area contributed by atoms with Crippen LogP contribution >= 0.6 is 0 Å². The molecule has 25 heavy (non-hydrogen) atoms. The molecule has 2 heterocycles. The van der Waals surface area contributed by atoms with Gasteiger partial charge >= 0.3 is 6.03 Å². The van der Waals surface area contributed by atoms with Crippen molar-refractivity contribution in [2.75, 3.05) is 7.05 Å². The standard InChI is InChI=1S/C20H23N3O2/c1-12(2)15-6-8-17(9-7-15)23-13(3)10-16(14(23)4)11-18-19(24)22(5)20(25)21-18/h6-12H,1-5H3,(H,21,25)/b18-11+. The molecule has 5 nitrogen and oxygen atoms in total. The van der Waals surface area contributed by atoms with Crippen molar-refractivity contribution in [2.24, 2.45) is 0 Å². The van der Waals surface area contributed by atoms with E-state index in [4.69, 9.17) is 0 Å². The van der Waals surface area contributed by atoms with Crippen LogP contribution in [0.3, 0.4) is 0 Å². The van der Waals surface area contributed by atoms with Crippen LogP contribution in [-0.4, -0.2) is 28.5 Å². The van der Waals surface area contributed by atoms with Crippen LogP contribution < -0.4 is 5.32 Å². The summed E-state index contributed by atoms with van der Waals surface area (Å²) < 4.78 is 2.15. The second-order valence-electron chi connectivity index (χ2n) is 6.76. The van der Waals surface area contributed by atoms with Crippen molar-refractivity contribution in [3.8, 4) is 5.69 Å². The second-order valence-corrected chi connectivity index (χ2v) is 6.76. The molecule has 1 aromatic carbocycles. The zero-order valence-electron chi connectivity index (χ0n) is 15.3. The lowest BCUT2D eigenvalue weighted by molar-refractivity contribution is -0.121. The van der Waals surface area contributed by atoms with Gasteiger partial charge in [0.2, 0.25) is 0 Å². The Morgan fingerprint density at radius 1 is 1.08 bits per heavy atom. The number of carbonyl (C=O) groups excluding carboxylic acids is 2. The smallest absolute Gasteiger partial charge is 0.318 e. The molecule has 0 spiro atoms. The predicted molar refractivity (Wildman–Crippen MR) is 98.6 cm³/mol. The first-order chi connectivity index (χ1) is 11.8. The van der Waals surface area contributed by atoms with Crippen molar-refractivity contribution >= 4 is 18.0 Å². The van der Waals surface area contributed by atoms with Gasteiger partial charge in [-0.1, -0.05) is 26.0 Å². The van der Waals surface area contributed by atoms with Crippen LogP contribution in [-0.2, 0) is 4.79 Å². The molecule has 3 rings (SSSR count). The van der Waals surface area contributed by atoms with E-state index in [1.54, 1.807) is 6.08 Å². The third-order valence-corrected chi connectivity index (χ3v) is 4.67. The van der Waals surface area contributed by atoms with Crippen molar-refractivity contribution < 1.29 is 9.59 Å². The Balaban J connectivity index is 1.99. The number of nitrogens with zero attached hydrogens (tertiary/aromatic N) is 2. The number of aryl methyl sites for hydroxylation is 1. The number of benzene rings is 1. The van der Waals surface area contributed by atoms with Gasteiger partial charge in [0.25, 0.3) is 5.91 Å². The van der Waals surface area contributed by atoms with Crippen LogP contribution in [0.2, 0.25) is 0 Å². The Labute approximate surface area is 147 Å². The quantitative estimate of drug-likeness (QED) is 0.685. The average Bonchev–Trinajstić information content (AvgIpc) is 2.98. The molecule has 1 saturated heterocycles. The van der Waals surface area contributed by atoms with Crippen molar-refractivity contribution in [2.45, 2.75) is 33.6 Å². The number of likely N-dealkylation sites (N-methyl/N-ethyl adjacent to an activating group) is 1. The first-order valence-corrected chi connectivity index (χ1v) is 8.39. The highest BCUT2D eigenvalue weighted by Crippen LogP contribution is 2.25. The zero-order chi connectivity index (χ0) is 18.3. The van der Waals surface area contributed by atoms with Crippen molar-refractivity contribution in [3.63, 3.8) is 0 Å². The van der Waals surface area contributed by atoms with Crippen molar-refractivity contribution in [1.82, 2.24) is 14.8 Å². The van der Waals surface area contributed by atoms with Crippen LogP contribution in [0.25, 0.3) is 11.8 Å². The summed E-state index contributed by atoms with van der Waals surface area (Å²) in [5.41, 5.74) is 5.72. The van der Waals surface area contributed by atoms with Gasteiger partial charge in [-0.05, 0) is 55.2 Å². The summed E-state index contributed by atoms with van der Waals surface area (Å²) in [6.07, 6.45) is 1.74. The minimum atomic E-state index is -0.394. The molecule has 1 N–H and O–H groups in total. The van der Waals surface area contributed by atoms with Crippen LogP contribution in [0.1, 0.15) is 42.3 Å². The highest BCUT2D eigenvalue weighted by molar-refractivity contribution is 6.13. The predicted octanol–water partition coefficient (Wildman–Crippen LogP) is 3.74. The molecule has 0 unspecified atom stereocenters. The van der Waals surface area contributed by atoms with Gasteiger partial charge < -0.3 is 9.88 Å². The largest absolute Gasteiger partial charge is 0.328 e. The maximum Gasteiger partial charge on any atom is 0.328 e. The number of amides is 3. The van der Waals surface area contributed by atoms with Gasteiger partial charge in [-0.2, -0.15) is 0 Å². The van der Waals surface area contributed by atoms with E-state index >= 15 is 0 Å². The maximum atomic E-state index is 12.1. The minimum absolute atomic E-state index is 0.308. The van der Waals surface area contributed by atoms with E-state index in [1.165, 1.54) is 12.6 Å². The highest BCUT2D eigenvalue weighted by Gasteiger charge is 2.30. The van der Waals surface area contributed by atoms with Crippen LogP contribution in [0.4, 0.5) is 4.79 Å². The first kappa shape index (κ1) is 17.0. The number of aromatic nitrogens is 1. The molecular weight excluding hydrogens is 314 g/mol. The molecule has 0 bridgehead atoms. The maximum absolute atomic E-state index is 12.1. The molecule has 0 atom stereocenters. The lowest BCUT2D eigenvalue weighted by atomic mass is 10.0. The van der Waals surface area contributed by atoms with E-state index in [0.717, 1.165) is 27.5 Å². The topological polar surface area (TPSA) is 54.3 Å². The van der Waals surface area contributed by atoms with Crippen LogP contribution in [0.5, 0.6) is 0 Å².